The number of allylic oxidation sites excluding steroid dienone is 1. The van der Waals surface area contributed by atoms with Crippen molar-refractivity contribution in [2.75, 3.05) is 31.4 Å². The fraction of sp³-hybridized carbons (Fsp3) is 0.458. The first-order valence-electron chi connectivity index (χ1n) is 12.2. The SMILES string of the molecule is CCNC(=O)OC/C=C\C1=C(C(=O)OCOC(=O)C(C)(C)C)N2C(=O)C(NC(=O)/C(=N\O)c3csc(N)n3)[C@@H]2SC1. The molecule has 2 aliphatic rings. The second-order valence-electron chi connectivity index (χ2n) is 9.52. The van der Waals surface area contributed by atoms with Crippen LogP contribution in [0.2, 0.25) is 0 Å². The maximum Gasteiger partial charge on any atom is 0.407 e. The zero-order valence-electron chi connectivity index (χ0n) is 22.7. The summed E-state index contributed by atoms with van der Waals surface area (Å²) in [4.78, 5) is 67.7. The van der Waals surface area contributed by atoms with Crippen molar-refractivity contribution in [1.82, 2.24) is 20.5 Å². The van der Waals surface area contributed by atoms with E-state index in [2.05, 4.69) is 20.8 Å². The van der Waals surface area contributed by atoms with E-state index in [-0.39, 0.29) is 28.9 Å². The van der Waals surface area contributed by atoms with Gasteiger partial charge in [0.15, 0.2) is 10.8 Å². The minimum absolute atomic E-state index is 0.0312. The molecule has 222 valence electrons. The lowest BCUT2D eigenvalue weighted by molar-refractivity contribution is -0.173. The summed E-state index contributed by atoms with van der Waals surface area (Å²) in [5.41, 5.74) is 4.62. The monoisotopic (exact) mass is 610 g/mol. The number of aromatic nitrogens is 1. The minimum Gasteiger partial charge on any atom is -0.445 e. The van der Waals surface area contributed by atoms with Crippen LogP contribution >= 0.6 is 23.1 Å². The van der Waals surface area contributed by atoms with Crippen LogP contribution in [0.5, 0.6) is 0 Å². The van der Waals surface area contributed by atoms with Crippen LogP contribution in [0.25, 0.3) is 0 Å². The van der Waals surface area contributed by atoms with E-state index in [1.54, 1.807) is 27.7 Å². The number of ether oxygens (including phenoxy) is 3. The number of amides is 3. The number of nitrogens with one attached hydrogen (secondary N) is 2. The van der Waals surface area contributed by atoms with Crippen molar-refractivity contribution >= 4 is 63.8 Å². The molecule has 15 nitrogen and oxygen atoms in total. The lowest BCUT2D eigenvalue weighted by Gasteiger charge is -2.49. The number of thiazole rings is 1. The Morgan fingerprint density at radius 1 is 1.27 bits per heavy atom. The lowest BCUT2D eigenvalue weighted by atomic mass is 9.98. The first-order chi connectivity index (χ1) is 19.4. The van der Waals surface area contributed by atoms with Crippen LogP contribution in [0, 0.1) is 5.41 Å². The topological polar surface area (TPSA) is 212 Å². The third-order valence-corrected chi connectivity index (χ3v) is 7.48. The van der Waals surface area contributed by atoms with Crippen LogP contribution in [-0.4, -0.2) is 87.8 Å². The van der Waals surface area contributed by atoms with Crippen LogP contribution < -0.4 is 16.4 Å². The molecular weight excluding hydrogens is 580 g/mol. The second kappa shape index (κ2) is 13.5. The number of β-lactam (4-membered cyclic amide) rings is 1. The normalized spacial score (nSPS) is 18.9. The highest BCUT2D eigenvalue weighted by molar-refractivity contribution is 8.00. The third-order valence-electron chi connectivity index (χ3n) is 5.50. The van der Waals surface area contributed by atoms with Crippen LogP contribution in [0.1, 0.15) is 33.4 Å². The zero-order valence-corrected chi connectivity index (χ0v) is 24.3. The Hall–Kier alpha value is -4.12. The molecule has 41 heavy (non-hydrogen) atoms. The molecule has 0 radical (unpaired) electrons. The molecular formula is C24H30N6O9S2. The molecule has 0 aromatic carbocycles. The molecule has 0 saturated carbocycles. The van der Waals surface area contributed by atoms with Gasteiger partial charge in [0, 0.05) is 17.7 Å². The number of esters is 2. The molecule has 1 saturated heterocycles. The second-order valence-corrected chi connectivity index (χ2v) is 11.5. The summed E-state index contributed by atoms with van der Waals surface area (Å²) < 4.78 is 15.2. The first-order valence-corrected chi connectivity index (χ1v) is 14.2. The molecule has 3 heterocycles. The molecule has 5 N–H and O–H groups in total. The van der Waals surface area contributed by atoms with Crippen LogP contribution in [0.3, 0.4) is 0 Å². The van der Waals surface area contributed by atoms with Gasteiger partial charge in [-0.05, 0) is 39.3 Å². The van der Waals surface area contributed by atoms with Gasteiger partial charge in [0.2, 0.25) is 6.79 Å². The molecule has 3 rings (SSSR count). The van der Waals surface area contributed by atoms with Crippen molar-refractivity contribution in [3.05, 3.63) is 34.5 Å². The van der Waals surface area contributed by atoms with Gasteiger partial charge >= 0.3 is 18.0 Å². The van der Waals surface area contributed by atoms with Crippen molar-refractivity contribution < 1.29 is 43.4 Å². The number of anilines is 1. The Balaban J connectivity index is 1.77. The molecule has 1 aromatic rings. The largest absolute Gasteiger partial charge is 0.445 e. The number of hydrogen-bond donors (Lipinski definition) is 4. The predicted octanol–water partition coefficient (Wildman–Crippen LogP) is 0.950. The first kappa shape index (κ1) is 31.4. The number of nitrogens with zero attached hydrogens (tertiary/aromatic N) is 3. The highest BCUT2D eigenvalue weighted by atomic mass is 32.2. The highest BCUT2D eigenvalue weighted by Crippen LogP contribution is 2.41. The fourth-order valence-electron chi connectivity index (χ4n) is 3.51. The average molecular weight is 611 g/mol. The van der Waals surface area contributed by atoms with E-state index in [0.717, 1.165) is 16.2 Å². The molecule has 1 unspecified atom stereocenters. The molecule has 0 spiro atoms. The van der Waals surface area contributed by atoms with Gasteiger partial charge in [-0.1, -0.05) is 11.2 Å². The van der Waals surface area contributed by atoms with Gasteiger partial charge in [0.25, 0.3) is 11.8 Å². The van der Waals surface area contributed by atoms with E-state index in [1.165, 1.54) is 29.3 Å². The number of carbonyl (C=O) groups excluding carboxylic acids is 5. The zero-order chi connectivity index (χ0) is 30.3. The number of nitrogen functional groups attached to an aromatic ring is 1. The predicted molar refractivity (Wildman–Crippen MR) is 148 cm³/mol. The number of oxime groups is 1. The number of hydrogen-bond acceptors (Lipinski definition) is 14. The van der Waals surface area contributed by atoms with Gasteiger partial charge in [-0.15, -0.1) is 23.1 Å². The van der Waals surface area contributed by atoms with Gasteiger partial charge in [-0.2, -0.15) is 0 Å². The number of carbonyl (C=O) groups is 5. The van der Waals surface area contributed by atoms with Crippen molar-refractivity contribution in [1.29, 1.82) is 0 Å². The van der Waals surface area contributed by atoms with Gasteiger partial charge in [0.05, 0.1) is 5.41 Å². The standard InChI is InChI=1S/C24H30N6O9S2/c1-5-26-23(35)37-8-6-7-12-9-40-19-15(28-17(31)14(29-36)13-10-41-22(25)27-13)18(32)30(19)16(12)20(33)38-11-39-21(34)24(2,3)4/h6-7,10,15,19,36H,5,8-9,11H2,1-4H3,(H2,25,27)(H,26,35)(H,28,31)/b7-6-,29-14-/t15?,19-/m0/s1. The van der Waals surface area contributed by atoms with E-state index in [0.29, 0.717) is 12.1 Å². The Kier molecular flexibility index (Phi) is 10.3. The average Bonchev–Trinajstić information content (AvgIpc) is 3.34. The molecule has 17 heteroatoms. The molecule has 0 bridgehead atoms. The smallest absolute Gasteiger partial charge is 0.407 e. The highest BCUT2D eigenvalue weighted by Gasteiger charge is 2.54. The van der Waals surface area contributed by atoms with Crippen molar-refractivity contribution in [3.8, 4) is 0 Å². The van der Waals surface area contributed by atoms with Gasteiger partial charge in [-0.3, -0.25) is 19.3 Å². The molecule has 0 aliphatic carbocycles. The van der Waals surface area contributed by atoms with Gasteiger partial charge in [0.1, 0.15) is 29.4 Å². The summed E-state index contributed by atoms with van der Waals surface area (Å²) in [6, 6.07) is -1.06. The fourth-order valence-corrected chi connectivity index (χ4v) is 5.38. The summed E-state index contributed by atoms with van der Waals surface area (Å²) in [7, 11) is 0. The molecule has 2 aliphatic heterocycles. The van der Waals surface area contributed by atoms with E-state index in [1.807, 2.05) is 0 Å². The maximum atomic E-state index is 13.2. The lowest BCUT2D eigenvalue weighted by Crippen LogP contribution is -2.71. The Morgan fingerprint density at radius 3 is 2.61 bits per heavy atom. The van der Waals surface area contributed by atoms with Gasteiger partial charge < -0.3 is 35.8 Å². The molecule has 1 aromatic heterocycles. The van der Waals surface area contributed by atoms with Gasteiger partial charge in [-0.25, -0.2) is 14.6 Å². The van der Waals surface area contributed by atoms with E-state index >= 15 is 0 Å². The number of thioether (sulfide) groups is 1. The third kappa shape index (κ3) is 7.55. The quantitative estimate of drug-likeness (QED) is 0.0728. The summed E-state index contributed by atoms with van der Waals surface area (Å²) in [5, 5.41) is 18.2. The van der Waals surface area contributed by atoms with E-state index < -0.39 is 59.2 Å². The number of alkyl carbamates (subject to hydrolysis) is 1. The summed E-state index contributed by atoms with van der Waals surface area (Å²) in [5.74, 6) is -2.81. The Morgan fingerprint density at radius 2 is 2.00 bits per heavy atom. The van der Waals surface area contributed by atoms with Crippen molar-refractivity contribution in [2.45, 2.75) is 39.1 Å². The van der Waals surface area contributed by atoms with Crippen LogP contribution in [0.15, 0.2) is 34.0 Å². The molecule has 3 amide bonds. The number of nitrogens with two attached hydrogens (primary N) is 1. The Labute approximate surface area is 243 Å². The molecule has 2 atom stereocenters. The number of rotatable bonds is 10. The summed E-state index contributed by atoms with van der Waals surface area (Å²) in [6.45, 7) is 6.25. The van der Waals surface area contributed by atoms with E-state index in [9.17, 15) is 29.2 Å². The Bertz CT molecular complexity index is 1300. The maximum absolute atomic E-state index is 13.2. The van der Waals surface area contributed by atoms with Crippen LogP contribution in [0.4, 0.5) is 9.93 Å². The van der Waals surface area contributed by atoms with Crippen molar-refractivity contribution in [2.24, 2.45) is 10.6 Å². The van der Waals surface area contributed by atoms with E-state index in [4.69, 9.17) is 19.9 Å². The van der Waals surface area contributed by atoms with Crippen LogP contribution in [-0.2, 0) is 33.4 Å². The number of fused-ring (bicyclic) bond motifs is 1. The molecule has 1 fully saturated rings. The summed E-state index contributed by atoms with van der Waals surface area (Å²) in [6.07, 6.45) is 2.39. The minimum atomic E-state index is -1.06. The summed E-state index contributed by atoms with van der Waals surface area (Å²) >= 11 is 2.29. The van der Waals surface area contributed by atoms with Crippen molar-refractivity contribution in [3.63, 3.8) is 0 Å².